The van der Waals surface area contributed by atoms with Gasteiger partial charge >= 0.3 is 18.3 Å². The van der Waals surface area contributed by atoms with E-state index in [-0.39, 0.29) is 18.2 Å². The average Bonchev–Trinajstić information content (AvgIpc) is 2.49. The van der Waals surface area contributed by atoms with E-state index < -0.39 is 52.9 Å². The summed E-state index contributed by atoms with van der Waals surface area (Å²) >= 11 is 0. The van der Waals surface area contributed by atoms with E-state index in [1.54, 1.807) is 6.92 Å². The lowest BCUT2D eigenvalue weighted by atomic mass is 9.98. The second-order valence-electron chi connectivity index (χ2n) is 5.47. The molecule has 2 N–H and O–H groups in total. The molecule has 0 aromatic heterocycles. The maximum Gasteiger partial charge on any atom is 0.416 e. The molecule has 0 aliphatic rings. The number of hydrogen-bond donors (Lipinski definition) is 2. The first-order chi connectivity index (χ1) is 11.3. The summed E-state index contributed by atoms with van der Waals surface area (Å²) in [6.45, 7) is 3.10. The van der Waals surface area contributed by atoms with Gasteiger partial charge in [-0.25, -0.2) is 4.79 Å². The van der Waals surface area contributed by atoms with Crippen molar-refractivity contribution in [2.45, 2.75) is 38.7 Å². The molecule has 1 amide bonds. The van der Waals surface area contributed by atoms with Crippen LogP contribution in [0.25, 0.3) is 0 Å². The maximum atomic E-state index is 12.8. The Kier molecular flexibility index (Phi) is 6.09. The van der Waals surface area contributed by atoms with Gasteiger partial charge in [0.2, 0.25) is 0 Å². The molecule has 0 bridgehead atoms. The lowest BCUT2D eigenvalue weighted by Crippen LogP contribution is -2.45. The number of carboxylic acid groups (broad SMARTS) is 1. The highest BCUT2D eigenvalue weighted by Crippen LogP contribution is 2.36. The van der Waals surface area contributed by atoms with E-state index in [4.69, 9.17) is 5.11 Å². The van der Waals surface area contributed by atoms with E-state index in [0.29, 0.717) is 6.42 Å². The number of hydrogen-bond acceptors (Lipinski definition) is 2. The fraction of sp³-hybridized carbons (Fsp3) is 0.467. The van der Waals surface area contributed by atoms with Gasteiger partial charge in [-0.1, -0.05) is 20.3 Å². The SMILES string of the molecule is CC[C@H](C)[C@H](NC(=O)c1cc(C(F)(F)F)cc(C(F)(F)F)c1)C(=O)O. The Hall–Kier alpha value is -2.26. The quantitative estimate of drug-likeness (QED) is 0.771. The Morgan fingerprint density at radius 1 is 1.04 bits per heavy atom. The van der Waals surface area contributed by atoms with Crippen LogP contribution < -0.4 is 5.32 Å². The standard InChI is InChI=1S/C15H15F6NO3/c1-3-7(2)11(13(24)25)22-12(23)8-4-9(14(16,17)18)6-10(5-8)15(19,20)21/h4-7,11H,3H2,1-2H3,(H,22,23)(H,24,25)/t7-,11-/m0/s1. The maximum absolute atomic E-state index is 12.8. The highest BCUT2D eigenvalue weighted by Gasteiger charge is 2.38. The summed E-state index contributed by atoms with van der Waals surface area (Å²) in [5.41, 5.74) is -4.22. The molecule has 4 nitrogen and oxygen atoms in total. The van der Waals surface area contributed by atoms with Crippen LogP contribution in [0.3, 0.4) is 0 Å². The van der Waals surface area contributed by atoms with Gasteiger partial charge in [0.15, 0.2) is 0 Å². The molecule has 0 radical (unpaired) electrons. The van der Waals surface area contributed by atoms with Crippen LogP contribution in [0, 0.1) is 5.92 Å². The molecule has 140 valence electrons. The first kappa shape index (κ1) is 20.8. The van der Waals surface area contributed by atoms with Gasteiger partial charge in [-0.15, -0.1) is 0 Å². The molecule has 1 rings (SSSR count). The van der Waals surface area contributed by atoms with Crippen LogP contribution in [0.5, 0.6) is 0 Å². The Bertz CT molecular complexity index is 621. The summed E-state index contributed by atoms with van der Waals surface area (Å²) in [7, 11) is 0. The summed E-state index contributed by atoms with van der Waals surface area (Å²) in [6, 6.07) is -1.05. The van der Waals surface area contributed by atoms with E-state index in [2.05, 4.69) is 0 Å². The van der Waals surface area contributed by atoms with Gasteiger partial charge in [-0.05, 0) is 24.1 Å². The summed E-state index contributed by atoms with van der Waals surface area (Å²) in [5.74, 6) is -3.34. The molecule has 0 spiro atoms. The van der Waals surface area contributed by atoms with Gasteiger partial charge in [-0.2, -0.15) is 26.3 Å². The molecule has 0 saturated carbocycles. The fourth-order valence-corrected chi connectivity index (χ4v) is 1.99. The minimum Gasteiger partial charge on any atom is -0.480 e. The number of aliphatic carboxylic acids is 1. The fourth-order valence-electron chi connectivity index (χ4n) is 1.99. The van der Waals surface area contributed by atoms with Gasteiger partial charge in [0.1, 0.15) is 6.04 Å². The molecule has 2 atom stereocenters. The lowest BCUT2D eigenvalue weighted by molar-refractivity contribution is -0.143. The minimum absolute atomic E-state index is 0.111. The Morgan fingerprint density at radius 3 is 1.80 bits per heavy atom. The second kappa shape index (κ2) is 7.32. The summed E-state index contributed by atoms with van der Waals surface area (Å²) in [6.07, 6.45) is -9.87. The molecular weight excluding hydrogens is 356 g/mol. The van der Waals surface area contributed by atoms with Crippen molar-refractivity contribution in [2.24, 2.45) is 5.92 Å². The summed E-state index contributed by atoms with van der Waals surface area (Å²) in [5, 5.41) is 11.0. The monoisotopic (exact) mass is 371 g/mol. The third-order valence-corrected chi connectivity index (χ3v) is 3.62. The minimum atomic E-state index is -5.10. The molecule has 0 saturated heterocycles. The van der Waals surface area contributed by atoms with Crippen LogP contribution in [0.4, 0.5) is 26.3 Å². The van der Waals surface area contributed by atoms with Gasteiger partial charge in [-0.3, -0.25) is 4.79 Å². The van der Waals surface area contributed by atoms with Crippen molar-refractivity contribution in [3.05, 3.63) is 34.9 Å². The van der Waals surface area contributed by atoms with E-state index in [1.165, 1.54) is 6.92 Å². The van der Waals surface area contributed by atoms with Crippen molar-refractivity contribution in [3.8, 4) is 0 Å². The molecule has 10 heteroatoms. The number of halogens is 6. The van der Waals surface area contributed by atoms with E-state index >= 15 is 0 Å². The topological polar surface area (TPSA) is 66.4 Å². The first-order valence-electron chi connectivity index (χ1n) is 7.10. The predicted molar refractivity (Wildman–Crippen MR) is 74.8 cm³/mol. The van der Waals surface area contributed by atoms with Gasteiger partial charge < -0.3 is 10.4 Å². The van der Waals surface area contributed by atoms with Crippen molar-refractivity contribution in [2.75, 3.05) is 0 Å². The van der Waals surface area contributed by atoms with Crippen molar-refractivity contribution >= 4 is 11.9 Å². The van der Waals surface area contributed by atoms with Crippen molar-refractivity contribution in [3.63, 3.8) is 0 Å². The summed E-state index contributed by atoms with van der Waals surface area (Å²) in [4.78, 5) is 23.2. The molecule has 0 aliphatic carbocycles. The number of nitrogens with one attached hydrogen (secondary N) is 1. The van der Waals surface area contributed by atoms with Gasteiger partial charge in [0.25, 0.3) is 5.91 Å². The number of benzene rings is 1. The molecule has 25 heavy (non-hydrogen) atoms. The largest absolute Gasteiger partial charge is 0.480 e. The smallest absolute Gasteiger partial charge is 0.416 e. The lowest BCUT2D eigenvalue weighted by Gasteiger charge is -2.21. The van der Waals surface area contributed by atoms with Crippen LogP contribution in [0.1, 0.15) is 41.8 Å². The van der Waals surface area contributed by atoms with Gasteiger partial charge in [0.05, 0.1) is 11.1 Å². The van der Waals surface area contributed by atoms with Crippen molar-refractivity contribution in [1.82, 2.24) is 5.32 Å². The number of rotatable bonds is 5. The third kappa shape index (κ3) is 5.36. The van der Waals surface area contributed by atoms with E-state index in [0.717, 1.165) is 0 Å². The number of carbonyl (C=O) groups excluding carboxylic acids is 1. The molecular formula is C15H15F6NO3. The van der Waals surface area contributed by atoms with Crippen LogP contribution in [0.2, 0.25) is 0 Å². The van der Waals surface area contributed by atoms with Crippen molar-refractivity contribution in [1.29, 1.82) is 0 Å². The van der Waals surface area contributed by atoms with Crippen LogP contribution in [0.15, 0.2) is 18.2 Å². The normalized spacial score (nSPS) is 14.7. The molecule has 0 unspecified atom stereocenters. The Balaban J connectivity index is 3.31. The second-order valence-corrected chi connectivity index (χ2v) is 5.47. The number of carboxylic acids is 1. The highest BCUT2D eigenvalue weighted by molar-refractivity contribution is 5.97. The van der Waals surface area contributed by atoms with Gasteiger partial charge in [0, 0.05) is 5.56 Å². The summed E-state index contributed by atoms with van der Waals surface area (Å²) < 4.78 is 76.7. The molecule has 1 aromatic carbocycles. The zero-order valence-electron chi connectivity index (χ0n) is 13.1. The number of alkyl halides is 6. The molecule has 1 aromatic rings. The molecule has 0 fully saturated rings. The Morgan fingerprint density at radius 2 is 1.48 bits per heavy atom. The third-order valence-electron chi connectivity index (χ3n) is 3.62. The number of amides is 1. The predicted octanol–water partition coefficient (Wildman–Crippen LogP) is 3.95. The average molecular weight is 371 g/mol. The van der Waals surface area contributed by atoms with E-state index in [1.807, 2.05) is 5.32 Å². The zero-order valence-corrected chi connectivity index (χ0v) is 13.1. The number of carbonyl (C=O) groups is 2. The Labute approximate surface area is 138 Å². The van der Waals surface area contributed by atoms with Crippen molar-refractivity contribution < 1.29 is 41.0 Å². The van der Waals surface area contributed by atoms with E-state index in [9.17, 15) is 35.9 Å². The van der Waals surface area contributed by atoms with Crippen LogP contribution in [-0.4, -0.2) is 23.0 Å². The molecule has 0 aliphatic heterocycles. The highest BCUT2D eigenvalue weighted by atomic mass is 19.4. The first-order valence-corrected chi connectivity index (χ1v) is 7.10. The molecule has 0 heterocycles. The van der Waals surface area contributed by atoms with Crippen LogP contribution in [-0.2, 0) is 17.1 Å². The van der Waals surface area contributed by atoms with Crippen LogP contribution >= 0.6 is 0 Å². The zero-order chi connectivity index (χ0) is 19.6.